The Balaban J connectivity index is 0.00000280. The third-order valence-electron chi connectivity index (χ3n) is 4.59. The molecule has 0 aliphatic carbocycles. The van der Waals surface area contributed by atoms with Crippen LogP contribution in [0.4, 0.5) is 0 Å². The number of nitrogens with zero attached hydrogens (tertiary/aromatic N) is 3. The van der Waals surface area contributed by atoms with Gasteiger partial charge in [0.15, 0.2) is 11.7 Å². The quantitative estimate of drug-likeness (QED) is 0.390. The maximum Gasteiger partial charge on any atom is 0.289 e. The highest BCUT2D eigenvalue weighted by Gasteiger charge is 2.25. The zero-order chi connectivity index (χ0) is 19.1. The van der Waals surface area contributed by atoms with E-state index in [1.807, 2.05) is 4.90 Å². The molecule has 0 saturated carbocycles. The van der Waals surface area contributed by atoms with Crippen LogP contribution < -0.4 is 5.32 Å². The van der Waals surface area contributed by atoms with Gasteiger partial charge in [-0.15, -0.1) is 24.0 Å². The van der Waals surface area contributed by atoms with Gasteiger partial charge in [0.25, 0.3) is 5.91 Å². The third-order valence-corrected chi connectivity index (χ3v) is 4.59. The van der Waals surface area contributed by atoms with E-state index in [9.17, 15) is 4.79 Å². The average Bonchev–Trinajstić information content (AvgIpc) is 3.25. The van der Waals surface area contributed by atoms with Crippen molar-refractivity contribution in [1.29, 1.82) is 0 Å². The Morgan fingerprint density at radius 2 is 1.75 bits per heavy atom. The predicted octanol–water partition coefficient (Wildman–Crippen LogP) is 2.58. The van der Waals surface area contributed by atoms with Gasteiger partial charge < -0.3 is 24.3 Å². The number of ether oxygens (including phenoxy) is 1. The number of hydrogen-bond donors (Lipinski definition) is 1. The number of piperazine rings is 1. The van der Waals surface area contributed by atoms with Gasteiger partial charge in [-0.25, -0.2) is 0 Å². The summed E-state index contributed by atoms with van der Waals surface area (Å²) in [6.07, 6.45) is 1.52. The molecule has 1 aliphatic heterocycles. The highest BCUT2D eigenvalue weighted by molar-refractivity contribution is 14.0. The minimum absolute atomic E-state index is 0. The standard InChI is InChI=1S/C20H26N4O3.HI/c1-21-20(22-14-16-5-7-17(8-6-16)15-26-2)24-11-9-23(10-12-24)19(25)18-4-3-13-27-18;/h3-8,13H,9-12,14-15H2,1-2H3,(H,21,22);1H. The van der Waals surface area contributed by atoms with Crippen LogP contribution in [0.3, 0.4) is 0 Å². The molecule has 1 saturated heterocycles. The minimum Gasteiger partial charge on any atom is -0.459 e. The van der Waals surface area contributed by atoms with E-state index in [0.29, 0.717) is 32.0 Å². The molecule has 1 amide bonds. The summed E-state index contributed by atoms with van der Waals surface area (Å²) < 4.78 is 10.3. The van der Waals surface area contributed by atoms with Crippen molar-refractivity contribution in [1.82, 2.24) is 15.1 Å². The number of aliphatic imine (C=N–C) groups is 1. The minimum atomic E-state index is -0.0567. The van der Waals surface area contributed by atoms with Crippen LogP contribution in [0.25, 0.3) is 0 Å². The molecule has 1 aromatic heterocycles. The first-order valence-electron chi connectivity index (χ1n) is 9.06. The number of amides is 1. The molecule has 1 fully saturated rings. The first-order chi connectivity index (χ1) is 13.2. The van der Waals surface area contributed by atoms with Crippen molar-refractivity contribution in [3.63, 3.8) is 0 Å². The zero-order valence-electron chi connectivity index (χ0n) is 16.3. The van der Waals surface area contributed by atoms with Crippen LogP contribution in [0.2, 0.25) is 0 Å². The molecule has 0 unspecified atom stereocenters. The van der Waals surface area contributed by atoms with Gasteiger partial charge in [0, 0.05) is 46.9 Å². The Morgan fingerprint density at radius 3 is 2.32 bits per heavy atom. The summed E-state index contributed by atoms with van der Waals surface area (Å²) in [4.78, 5) is 20.7. The van der Waals surface area contributed by atoms with Gasteiger partial charge in [0.1, 0.15) is 0 Å². The van der Waals surface area contributed by atoms with Crippen LogP contribution in [-0.4, -0.2) is 62.0 Å². The Bertz CT molecular complexity index is 754. The maximum absolute atomic E-state index is 12.4. The maximum atomic E-state index is 12.4. The van der Waals surface area contributed by atoms with E-state index in [1.165, 1.54) is 11.8 Å². The summed E-state index contributed by atoms with van der Waals surface area (Å²) in [6.45, 7) is 4.08. The largest absolute Gasteiger partial charge is 0.459 e. The molecule has 0 bridgehead atoms. The average molecular weight is 498 g/mol. The lowest BCUT2D eigenvalue weighted by Crippen LogP contribution is -2.53. The molecule has 152 valence electrons. The molecular weight excluding hydrogens is 471 g/mol. The van der Waals surface area contributed by atoms with Crippen LogP contribution in [0.1, 0.15) is 21.7 Å². The molecule has 1 N–H and O–H groups in total. The van der Waals surface area contributed by atoms with E-state index >= 15 is 0 Å². The number of carbonyl (C=O) groups is 1. The number of rotatable bonds is 5. The second kappa shape index (κ2) is 11.1. The number of carbonyl (C=O) groups excluding carboxylic acids is 1. The van der Waals surface area contributed by atoms with Crippen molar-refractivity contribution in [3.05, 3.63) is 59.5 Å². The SMILES string of the molecule is CN=C(NCc1ccc(COC)cc1)N1CCN(C(=O)c2ccco2)CC1.I. The molecule has 2 aromatic rings. The highest BCUT2D eigenvalue weighted by Crippen LogP contribution is 2.10. The van der Waals surface area contributed by atoms with Gasteiger partial charge in [-0.3, -0.25) is 9.79 Å². The van der Waals surface area contributed by atoms with Crippen LogP contribution in [0.15, 0.2) is 52.1 Å². The van der Waals surface area contributed by atoms with Gasteiger partial charge in [0.05, 0.1) is 12.9 Å². The number of methoxy groups -OCH3 is 1. The molecule has 28 heavy (non-hydrogen) atoms. The third kappa shape index (κ3) is 5.71. The zero-order valence-corrected chi connectivity index (χ0v) is 18.6. The van der Waals surface area contributed by atoms with Crippen LogP contribution >= 0.6 is 24.0 Å². The Morgan fingerprint density at radius 1 is 1.11 bits per heavy atom. The highest BCUT2D eigenvalue weighted by atomic mass is 127. The Kier molecular flexibility index (Phi) is 8.78. The molecule has 7 nitrogen and oxygen atoms in total. The van der Waals surface area contributed by atoms with E-state index in [2.05, 4.69) is 39.5 Å². The number of nitrogens with one attached hydrogen (secondary N) is 1. The van der Waals surface area contributed by atoms with Gasteiger partial charge in [-0.1, -0.05) is 24.3 Å². The van der Waals surface area contributed by atoms with Gasteiger partial charge in [0.2, 0.25) is 0 Å². The lowest BCUT2D eigenvalue weighted by molar-refractivity contribution is 0.0657. The molecule has 0 atom stereocenters. The van der Waals surface area contributed by atoms with E-state index in [-0.39, 0.29) is 29.9 Å². The van der Waals surface area contributed by atoms with Crippen molar-refractivity contribution >= 4 is 35.8 Å². The molecule has 1 aliphatic rings. The molecule has 2 heterocycles. The van der Waals surface area contributed by atoms with Crippen molar-refractivity contribution < 1.29 is 13.9 Å². The van der Waals surface area contributed by atoms with Crippen molar-refractivity contribution in [2.75, 3.05) is 40.3 Å². The van der Waals surface area contributed by atoms with E-state index in [0.717, 1.165) is 24.6 Å². The molecule has 0 spiro atoms. The number of benzene rings is 1. The molecule has 8 heteroatoms. The Hall–Kier alpha value is -2.07. The summed E-state index contributed by atoms with van der Waals surface area (Å²) >= 11 is 0. The second-order valence-electron chi connectivity index (χ2n) is 6.41. The summed E-state index contributed by atoms with van der Waals surface area (Å²) in [6, 6.07) is 11.8. The van der Waals surface area contributed by atoms with Crippen molar-refractivity contribution in [2.24, 2.45) is 4.99 Å². The number of guanidine groups is 1. The van der Waals surface area contributed by atoms with Crippen molar-refractivity contribution in [2.45, 2.75) is 13.2 Å². The second-order valence-corrected chi connectivity index (χ2v) is 6.41. The fourth-order valence-electron chi connectivity index (χ4n) is 3.11. The fraction of sp³-hybridized carbons (Fsp3) is 0.400. The number of hydrogen-bond acceptors (Lipinski definition) is 4. The normalized spacial score (nSPS) is 14.6. The summed E-state index contributed by atoms with van der Waals surface area (Å²) in [5, 5.41) is 3.40. The van der Waals surface area contributed by atoms with E-state index in [4.69, 9.17) is 9.15 Å². The van der Waals surface area contributed by atoms with Gasteiger partial charge in [-0.05, 0) is 23.3 Å². The number of halogens is 1. The molecule has 3 rings (SSSR count). The molecule has 1 aromatic carbocycles. The van der Waals surface area contributed by atoms with E-state index < -0.39 is 0 Å². The monoisotopic (exact) mass is 498 g/mol. The topological polar surface area (TPSA) is 70.3 Å². The van der Waals surface area contributed by atoms with Crippen molar-refractivity contribution in [3.8, 4) is 0 Å². The summed E-state index contributed by atoms with van der Waals surface area (Å²) in [5.41, 5.74) is 2.34. The lowest BCUT2D eigenvalue weighted by atomic mass is 10.1. The first-order valence-corrected chi connectivity index (χ1v) is 9.06. The van der Waals surface area contributed by atoms with E-state index in [1.54, 1.807) is 26.3 Å². The number of furan rings is 1. The smallest absolute Gasteiger partial charge is 0.289 e. The lowest BCUT2D eigenvalue weighted by Gasteiger charge is -2.36. The van der Waals surface area contributed by atoms with Gasteiger partial charge in [-0.2, -0.15) is 0 Å². The first kappa shape index (κ1) is 22.2. The van der Waals surface area contributed by atoms with Crippen LogP contribution in [0, 0.1) is 0 Å². The van der Waals surface area contributed by atoms with Crippen LogP contribution in [0.5, 0.6) is 0 Å². The molecular formula is C20H27IN4O3. The fourth-order valence-corrected chi connectivity index (χ4v) is 3.11. The Labute approximate surface area is 182 Å². The summed E-state index contributed by atoms with van der Waals surface area (Å²) in [7, 11) is 3.48. The molecule has 0 radical (unpaired) electrons. The van der Waals surface area contributed by atoms with Crippen LogP contribution in [-0.2, 0) is 17.9 Å². The summed E-state index contributed by atoms with van der Waals surface area (Å²) in [5.74, 6) is 1.18. The predicted molar refractivity (Wildman–Crippen MR) is 119 cm³/mol. The van der Waals surface area contributed by atoms with Gasteiger partial charge >= 0.3 is 0 Å².